The third kappa shape index (κ3) is 2.79. The fraction of sp³-hybridized carbons (Fsp3) is 0.526. The molecule has 4 amide bonds. The van der Waals surface area contributed by atoms with Gasteiger partial charge in [0.15, 0.2) is 0 Å². The van der Waals surface area contributed by atoms with Crippen molar-refractivity contribution in [1.82, 2.24) is 15.5 Å². The van der Waals surface area contributed by atoms with Crippen molar-refractivity contribution in [2.24, 2.45) is 0 Å². The molecule has 2 fully saturated rings. The van der Waals surface area contributed by atoms with Crippen LogP contribution in [0.5, 0.6) is 0 Å². The molecule has 3 aliphatic rings. The average Bonchev–Trinajstić information content (AvgIpc) is 3.16. The first kappa shape index (κ1) is 16.1. The van der Waals surface area contributed by atoms with Gasteiger partial charge in [-0.05, 0) is 43.2 Å². The van der Waals surface area contributed by atoms with E-state index < -0.39 is 11.6 Å². The smallest absolute Gasteiger partial charge is 0.325 e. The van der Waals surface area contributed by atoms with Crippen LogP contribution in [0.4, 0.5) is 4.79 Å². The number of imide groups is 1. The number of hydrogen-bond donors (Lipinski definition) is 2. The van der Waals surface area contributed by atoms with Crippen molar-refractivity contribution in [2.75, 3.05) is 6.54 Å². The molecule has 0 aromatic heterocycles. The van der Waals surface area contributed by atoms with Gasteiger partial charge >= 0.3 is 6.03 Å². The number of hydrogen-bond acceptors (Lipinski definition) is 3. The van der Waals surface area contributed by atoms with E-state index in [2.05, 4.69) is 16.7 Å². The molecule has 6 heteroatoms. The average molecular weight is 341 g/mol. The van der Waals surface area contributed by atoms with E-state index in [0.29, 0.717) is 12.8 Å². The third-order valence-corrected chi connectivity index (χ3v) is 5.71. The van der Waals surface area contributed by atoms with Gasteiger partial charge in [0.25, 0.3) is 5.91 Å². The minimum absolute atomic E-state index is 0.0429. The van der Waals surface area contributed by atoms with Crippen LogP contribution in [0.25, 0.3) is 0 Å². The van der Waals surface area contributed by atoms with Gasteiger partial charge in [0, 0.05) is 0 Å². The van der Waals surface area contributed by atoms with Gasteiger partial charge in [-0.25, -0.2) is 4.79 Å². The largest absolute Gasteiger partial charge is 0.348 e. The number of amides is 4. The molecule has 0 bridgehead atoms. The minimum Gasteiger partial charge on any atom is -0.348 e. The molecule has 2 N–H and O–H groups in total. The Bertz CT molecular complexity index is 724. The normalized spacial score (nSPS) is 24.3. The van der Waals surface area contributed by atoms with Crippen molar-refractivity contribution in [1.29, 1.82) is 0 Å². The molecule has 132 valence electrons. The Hall–Kier alpha value is -2.37. The zero-order valence-corrected chi connectivity index (χ0v) is 14.2. The molecule has 1 saturated carbocycles. The molecule has 25 heavy (non-hydrogen) atoms. The van der Waals surface area contributed by atoms with Gasteiger partial charge in [-0.1, -0.05) is 37.1 Å². The van der Waals surface area contributed by atoms with Gasteiger partial charge in [-0.2, -0.15) is 0 Å². The van der Waals surface area contributed by atoms with E-state index >= 15 is 0 Å². The lowest BCUT2D eigenvalue weighted by Crippen LogP contribution is -2.45. The number of carbonyl (C=O) groups excluding carboxylic acids is 3. The molecule has 6 nitrogen and oxygen atoms in total. The Balaban J connectivity index is 1.43. The Labute approximate surface area is 147 Å². The summed E-state index contributed by atoms with van der Waals surface area (Å²) in [6.45, 7) is -0.203. The molecule has 1 aromatic carbocycles. The van der Waals surface area contributed by atoms with Crippen LogP contribution < -0.4 is 10.6 Å². The summed E-state index contributed by atoms with van der Waals surface area (Å²) in [5, 5.41) is 5.82. The monoisotopic (exact) mass is 341 g/mol. The molecule has 1 atom stereocenters. The predicted octanol–water partition coefficient (Wildman–Crippen LogP) is 2.04. The summed E-state index contributed by atoms with van der Waals surface area (Å²) >= 11 is 0. The number of aryl methyl sites for hydroxylation is 1. The molecule has 0 radical (unpaired) electrons. The van der Waals surface area contributed by atoms with Gasteiger partial charge in [0.2, 0.25) is 5.91 Å². The highest BCUT2D eigenvalue weighted by Gasteiger charge is 2.52. The Morgan fingerprint density at radius 1 is 1.20 bits per heavy atom. The molecule has 2 aliphatic carbocycles. The summed E-state index contributed by atoms with van der Waals surface area (Å²) in [6.07, 6.45) is 6.15. The van der Waals surface area contributed by atoms with Gasteiger partial charge in [-0.15, -0.1) is 0 Å². The summed E-state index contributed by atoms with van der Waals surface area (Å²) in [7, 11) is 0. The number of benzene rings is 1. The lowest BCUT2D eigenvalue weighted by molar-refractivity contribution is -0.135. The van der Waals surface area contributed by atoms with Crippen molar-refractivity contribution in [3.05, 3.63) is 35.4 Å². The molecule has 4 rings (SSSR count). The summed E-state index contributed by atoms with van der Waals surface area (Å²) in [5.41, 5.74) is 1.65. The fourth-order valence-corrected chi connectivity index (χ4v) is 4.42. The zero-order chi connectivity index (χ0) is 17.4. The van der Waals surface area contributed by atoms with Crippen LogP contribution in [-0.4, -0.2) is 34.8 Å². The molecular weight excluding hydrogens is 318 g/mol. The number of fused-ring (bicyclic) bond motifs is 1. The maximum Gasteiger partial charge on any atom is 0.325 e. The highest BCUT2D eigenvalue weighted by Crippen LogP contribution is 2.35. The summed E-state index contributed by atoms with van der Waals surface area (Å²) < 4.78 is 0. The second kappa shape index (κ2) is 6.17. The van der Waals surface area contributed by atoms with Crippen molar-refractivity contribution in [3.8, 4) is 0 Å². The highest BCUT2D eigenvalue weighted by molar-refractivity contribution is 6.09. The van der Waals surface area contributed by atoms with Crippen molar-refractivity contribution in [2.45, 2.75) is 56.5 Å². The first-order valence-electron chi connectivity index (χ1n) is 9.10. The molecule has 1 heterocycles. The zero-order valence-electron chi connectivity index (χ0n) is 14.2. The molecule has 1 spiro atoms. The lowest BCUT2D eigenvalue weighted by Gasteiger charge is -2.27. The van der Waals surface area contributed by atoms with Crippen LogP contribution in [0.2, 0.25) is 0 Å². The predicted molar refractivity (Wildman–Crippen MR) is 91.7 cm³/mol. The van der Waals surface area contributed by atoms with Crippen LogP contribution in [0.3, 0.4) is 0 Å². The molecule has 0 unspecified atom stereocenters. The molecule has 1 saturated heterocycles. The Morgan fingerprint density at radius 2 is 1.96 bits per heavy atom. The van der Waals surface area contributed by atoms with Crippen LogP contribution in [0, 0.1) is 0 Å². The van der Waals surface area contributed by atoms with Gasteiger partial charge in [-0.3, -0.25) is 14.5 Å². The van der Waals surface area contributed by atoms with E-state index in [4.69, 9.17) is 0 Å². The van der Waals surface area contributed by atoms with Gasteiger partial charge in [0.05, 0.1) is 6.04 Å². The van der Waals surface area contributed by atoms with Crippen molar-refractivity contribution >= 4 is 17.8 Å². The van der Waals surface area contributed by atoms with Gasteiger partial charge in [0.1, 0.15) is 12.1 Å². The number of nitrogens with zero attached hydrogens (tertiary/aromatic N) is 1. The van der Waals surface area contributed by atoms with Crippen molar-refractivity contribution < 1.29 is 14.4 Å². The summed E-state index contributed by atoms with van der Waals surface area (Å²) in [4.78, 5) is 38.4. The van der Waals surface area contributed by atoms with Crippen LogP contribution in [0.15, 0.2) is 24.3 Å². The molecular formula is C19H23N3O3. The number of urea groups is 1. The Morgan fingerprint density at radius 3 is 2.76 bits per heavy atom. The third-order valence-electron chi connectivity index (χ3n) is 5.71. The van der Waals surface area contributed by atoms with E-state index in [0.717, 1.165) is 42.6 Å². The van der Waals surface area contributed by atoms with E-state index in [1.807, 2.05) is 18.2 Å². The fourth-order valence-electron chi connectivity index (χ4n) is 4.42. The molecule has 1 aliphatic heterocycles. The van der Waals surface area contributed by atoms with Crippen molar-refractivity contribution in [3.63, 3.8) is 0 Å². The summed E-state index contributed by atoms with van der Waals surface area (Å²) in [6, 6.07) is 7.64. The van der Waals surface area contributed by atoms with Crippen LogP contribution in [-0.2, 0) is 16.0 Å². The standard InChI is InChI=1S/C19H23N3O3/c23-16(20-15-9-5-7-13-6-1-2-8-14(13)15)12-22-17(24)19(21-18(22)25)10-3-4-11-19/h1-2,6,8,15H,3-5,7,9-12H2,(H,20,23)(H,21,25)/t15-/m0/s1. The second-order valence-electron chi connectivity index (χ2n) is 7.32. The number of nitrogens with one attached hydrogen (secondary N) is 2. The maximum absolute atomic E-state index is 12.6. The minimum atomic E-state index is -0.755. The van der Waals surface area contributed by atoms with E-state index in [-0.39, 0.29) is 24.4 Å². The van der Waals surface area contributed by atoms with Crippen LogP contribution in [0.1, 0.15) is 55.7 Å². The Kier molecular flexibility index (Phi) is 3.98. The lowest BCUT2D eigenvalue weighted by atomic mass is 9.88. The maximum atomic E-state index is 12.6. The number of rotatable bonds is 3. The summed E-state index contributed by atoms with van der Waals surface area (Å²) in [5.74, 6) is -0.519. The first-order chi connectivity index (χ1) is 12.1. The van der Waals surface area contributed by atoms with E-state index in [1.54, 1.807) is 0 Å². The van der Waals surface area contributed by atoms with E-state index in [9.17, 15) is 14.4 Å². The van der Waals surface area contributed by atoms with E-state index in [1.165, 1.54) is 5.56 Å². The second-order valence-corrected chi connectivity index (χ2v) is 7.32. The number of carbonyl (C=O) groups is 3. The van der Waals surface area contributed by atoms with Gasteiger partial charge < -0.3 is 10.6 Å². The van der Waals surface area contributed by atoms with Crippen LogP contribution >= 0.6 is 0 Å². The quantitative estimate of drug-likeness (QED) is 0.826. The SMILES string of the molecule is O=C(CN1C(=O)NC2(CCCC2)C1=O)N[C@H]1CCCc2ccccc21. The topological polar surface area (TPSA) is 78.5 Å². The first-order valence-corrected chi connectivity index (χ1v) is 9.10. The molecule has 1 aromatic rings. The highest BCUT2D eigenvalue weighted by atomic mass is 16.2.